The van der Waals surface area contributed by atoms with Crippen molar-refractivity contribution < 1.29 is 32.1 Å². The van der Waals surface area contributed by atoms with Gasteiger partial charge in [-0.1, -0.05) is 54.1 Å². The van der Waals surface area contributed by atoms with Crippen LogP contribution in [0, 0.1) is 5.92 Å². The summed E-state index contributed by atoms with van der Waals surface area (Å²) in [6, 6.07) is 17.3. The number of nitrogens with zero attached hydrogens (tertiary/aromatic N) is 4. The van der Waals surface area contributed by atoms with Crippen molar-refractivity contribution in [3.63, 3.8) is 0 Å². The maximum atomic E-state index is 13.7. The molecule has 2 aliphatic rings. The number of carbonyl (C=O) groups is 3. The first-order chi connectivity index (χ1) is 22.4. The Bertz CT molecular complexity index is 1420. The van der Waals surface area contributed by atoms with Crippen LogP contribution in [0.5, 0.6) is 0 Å². The normalized spacial score (nSPS) is 16.0. The third-order valence-electron chi connectivity index (χ3n) is 8.29. The number of anilines is 1. The van der Waals surface area contributed by atoms with Gasteiger partial charge in [-0.25, -0.2) is 13.2 Å². The molecule has 2 heterocycles. The molecule has 0 aliphatic carbocycles. The fourth-order valence-corrected chi connectivity index (χ4v) is 6.08. The van der Waals surface area contributed by atoms with Gasteiger partial charge in [0, 0.05) is 75.1 Å². The lowest BCUT2D eigenvalue weighted by Crippen LogP contribution is -2.48. The van der Waals surface area contributed by atoms with Crippen LogP contribution in [0.25, 0.3) is 0 Å². The Labute approximate surface area is 283 Å². The summed E-state index contributed by atoms with van der Waals surface area (Å²) in [5, 5.41) is 0.602. The molecule has 2 aliphatic heterocycles. The summed E-state index contributed by atoms with van der Waals surface area (Å²) in [6.07, 6.45) is 5.96. The molecule has 4 rings (SSSR count). The van der Waals surface area contributed by atoms with E-state index in [1.54, 1.807) is 17.9 Å². The number of hydrogen-bond acceptors (Lipinski definition) is 8. The topological polar surface area (TPSA) is 131 Å². The molecular weight excluding hydrogens is 644 g/mol. The van der Waals surface area contributed by atoms with Gasteiger partial charge in [-0.3, -0.25) is 9.59 Å². The fraction of sp³-hybridized carbons (Fsp3) is 0.500. The van der Waals surface area contributed by atoms with Crippen LogP contribution >= 0.6 is 11.6 Å². The summed E-state index contributed by atoms with van der Waals surface area (Å²) in [5.41, 5.74) is 1.78. The molecule has 0 N–H and O–H groups in total. The van der Waals surface area contributed by atoms with Gasteiger partial charge in [0.2, 0.25) is 11.8 Å². The summed E-state index contributed by atoms with van der Waals surface area (Å²) < 4.78 is 32.8. The van der Waals surface area contributed by atoms with Crippen molar-refractivity contribution in [3.05, 3.63) is 77.8 Å². The van der Waals surface area contributed by atoms with E-state index in [9.17, 15) is 14.4 Å². The van der Waals surface area contributed by atoms with Crippen molar-refractivity contribution in [2.45, 2.75) is 51.7 Å². The first-order valence-electron chi connectivity index (χ1n) is 15.9. The molecule has 0 spiro atoms. The molecule has 0 unspecified atom stereocenters. The van der Waals surface area contributed by atoms with E-state index >= 15 is 0 Å². The van der Waals surface area contributed by atoms with Crippen LogP contribution in [0.4, 0.5) is 10.5 Å². The lowest BCUT2D eigenvalue weighted by molar-refractivity contribution is -0.133. The molecule has 2 aromatic carbocycles. The third-order valence-corrected chi connectivity index (χ3v) is 8.53. The largest absolute Gasteiger partial charge is 0.748 e. The van der Waals surface area contributed by atoms with Crippen LogP contribution in [0.1, 0.15) is 44.6 Å². The van der Waals surface area contributed by atoms with Gasteiger partial charge in [0.1, 0.15) is 6.61 Å². The average molecular weight is 690 g/mol. The smallest absolute Gasteiger partial charge is 0.410 e. The van der Waals surface area contributed by atoms with Crippen LogP contribution in [0.3, 0.4) is 0 Å². The summed E-state index contributed by atoms with van der Waals surface area (Å²) >= 11 is 6.29. The number of benzene rings is 2. The fourth-order valence-electron chi connectivity index (χ4n) is 5.89. The molecule has 11 nitrogen and oxygen atoms in total. The predicted molar refractivity (Wildman–Crippen MR) is 182 cm³/mol. The Balaban J connectivity index is 0.00000111. The summed E-state index contributed by atoms with van der Waals surface area (Å²) in [5.74, 6) is 0.0640. The highest BCUT2D eigenvalue weighted by Gasteiger charge is 2.31. The van der Waals surface area contributed by atoms with E-state index in [0.29, 0.717) is 50.3 Å². The van der Waals surface area contributed by atoms with E-state index in [0.717, 1.165) is 50.1 Å². The van der Waals surface area contributed by atoms with Crippen molar-refractivity contribution >= 4 is 45.3 Å². The number of carbonyl (C=O) groups excluding carboxylic acids is 3. The Kier molecular flexibility index (Phi) is 15.2. The van der Waals surface area contributed by atoms with Gasteiger partial charge in [-0.2, -0.15) is 0 Å². The number of halogens is 1. The van der Waals surface area contributed by atoms with Gasteiger partial charge >= 0.3 is 6.09 Å². The Morgan fingerprint density at radius 2 is 1.66 bits per heavy atom. The van der Waals surface area contributed by atoms with Crippen molar-refractivity contribution in [1.29, 1.82) is 0 Å². The summed E-state index contributed by atoms with van der Waals surface area (Å²) in [7, 11) is -3.92. The first kappa shape index (κ1) is 38.0. The number of likely N-dealkylation sites (tertiary alicyclic amines) is 2. The molecule has 47 heavy (non-hydrogen) atoms. The minimum Gasteiger partial charge on any atom is -0.748 e. The molecule has 3 amide bonds. The summed E-state index contributed by atoms with van der Waals surface area (Å²) in [4.78, 5) is 46.2. The number of amides is 3. The van der Waals surface area contributed by atoms with Crippen molar-refractivity contribution in [3.8, 4) is 0 Å². The van der Waals surface area contributed by atoms with Crippen LogP contribution in [0.15, 0.2) is 67.3 Å². The van der Waals surface area contributed by atoms with Gasteiger partial charge in [0.25, 0.3) is 0 Å². The zero-order valence-electron chi connectivity index (χ0n) is 27.3. The molecule has 258 valence electrons. The van der Waals surface area contributed by atoms with Gasteiger partial charge in [-0.05, 0) is 62.4 Å². The van der Waals surface area contributed by atoms with Gasteiger partial charge in [0.05, 0.1) is 10.1 Å². The molecule has 2 fully saturated rings. The zero-order valence-corrected chi connectivity index (χ0v) is 28.8. The monoisotopic (exact) mass is 689 g/mol. The highest BCUT2D eigenvalue weighted by Crippen LogP contribution is 2.26. The minimum atomic E-state index is -3.92. The number of piperidine rings is 2. The van der Waals surface area contributed by atoms with Gasteiger partial charge < -0.3 is 28.9 Å². The lowest BCUT2D eigenvalue weighted by atomic mass is 9.94. The second-order valence-electron chi connectivity index (χ2n) is 11.9. The molecule has 2 aromatic rings. The van der Waals surface area contributed by atoms with Crippen LogP contribution in [0.2, 0.25) is 5.02 Å². The van der Waals surface area contributed by atoms with Crippen molar-refractivity contribution in [2.24, 2.45) is 5.92 Å². The predicted octanol–water partition coefficient (Wildman–Crippen LogP) is 4.77. The van der Waals surface area contributed by atoms with E-state index in [1.807, 2.05) is 64.4 Å². The van der Waals surface area contributed by atoms with E-state index in [4.69, 9.17) is 29.3 Å². The molecule has 0 saturated carbocycles. The number of rotatable bonds is 11. The van der Waals surface area contributed by atoms with E-state index in [1.165, 1.54) is 0 Å². The average Bonchev–Trinajstić information content (AvgIpc) is 3.04. The standard InChI is InChI=1S/C33H43ClN4O4.CH4O3S/c1-3-17-38(33(41)42-25-27-9-5-4-6-10-27)30-15-20-35(21-16-30)18-8-19-37(31-12-7-11-29(34)24-31)32(40)28-13-22-36(23-14-28)26(2)39;1-5(2,3)4/h3-7,9-12,24,28,30H,1,8,13-23,25H2,2H3;1H3,(H,2,3,4)/p-1. The minimum absolute atomic E-state index is 0.0630. The van der Waals surface area contributed by atoms with Crippen LogP contribution in [-0.2, 0) is 31.1 Å². The Hall–Kier alpha value is -3.45. The Morgan fingerprint density at radius 1 is 1.02 bits per heavy atom. The summed E-state index contributed by atoms with van der Waals surface area (Å²) in [6.45, 7) is 10.6. The quantitative estimate of drug-likeness (QED) is 0.244. The highest BCUT2D eigenvalue weighted by molar-refractivity contribution is 7.84. The van der Waals surface area contributed by atoms with Crippen LogP contribution < -0.4 is 4.90 Å². The number of ether oxygens (including phenoxy) is 1. The molecule has 0 atom stereocenters. The molecule has 0 bridgehead atoms. The zero-order chi connectivity index (χ0) is 34.4. The Morgan fingerprint density at radius 3 is 2.23 bits per heavy atom. The molecule has 0 aromatic heterocycles. The molecule has 0 radical (unpaired) electrons. The number of hydrogen-bond donors (Lipinski definition) is 0. The third kappa shape index (κ3) is 13.3. The lowest BCUT2D eigenvalue weighted by Gasteiger charge is -2.38. The van der Waals surface area contributed by atoms with Crippen molar-refractivity contribution in [2.75, 3.05) is 57.0 Å². The first-order valence-corrected chi connectivity index (χ1v) is 18.1. The van der Waals surface area contributed by atoms with E-state index in [2.05, 4.69) is 11.5 Å². The van der Waals surface area contributed by atoms with Gasteiger partial charge in [-0.15, -0.1) is 6.58 Å². The second-order valence-corrected chi connectivity index (χ2v) is 13.7. The van der Waals surface area contributed by atoms with E-state index in [-0.39, 0.29) is 36.5 Å². The second kappa shape index (κ2) is 18.8. The highest BCUT2D eigenvalue weighted by atomic mass is 35.5. The maximum Gasteiger partial charge on any atom is 0.410 e. The van der Waals surface area contributed by atoms with Crippen LogP contribution in [-0.4, -0.2) is 104 Å². The van der Waals surface area contributed by atoms with E-state index < -0.39 is 10.1 Å². The SMILES string of the molecule is C=CCN(C(=O)OCc1ccccc1)C1CCN(CCCN(C(=O)C2CCN(C(C)=O)CC2)c2cccc(Cl)c2)CC1.CS(=O)(=O)[O-]. The molecule has 2 saturated heterocycles. The van der Waals surface area contributed by atoms with Gasteiger partial charge in [0.15, 0.2) is 0 Å². The maximum absolute atomic E-state index is 13.7. The molecule has 13 heteroatoms. The van der Waals surface area contributed by atoms with Crippen molar-refractivity contribution in [1.82, 2.24) is 14.7 Å². The molecular formula is C34H46ClN4O7S-.